The maximum Gasteiger partial charge on any atom is 0.251 e. The Balaban J connectivity index is 1.36. The maximum atomic E-state index is 12.7. The van der Waals surface area contributed by atoms with Crippen LogP contribution in [0.25, 0.3) is 0 Å². The van der Waals surface area contributed by atoms with E-state index >= 15 is 0 Å². The molecule has 3 aromatic rings. The van der Waals surface area contributed by atoms with Gasteiger partial charge >= 0.3 is 0 Å². The van der Waals surface area contributed by atoms with Crippen LogP contribution in [0.5, 0.6) is 0 Å². The second-order valence-electron chi connectivity index (χ2n) is 6.94. The van der Waals surface area contributed by atoms with Crippen LogP contribution in [-0.4, -0.2) is 21.4 Å². The lowest BCUT2D eigenvalue weighted by Crippen LogP contribution is -2.27. The van der Waals surface area contributed by atoms with Crippen molar-refractivity contribution in [1.82, 2.24) is 14.9 Å². The summed E-state index contributed by atoms with van der Waals surface area (Å²) in [6.45, 7) is 0.563. The molecule has 1 aliphatic carbocycles. The van der Waals surface area contributed by atoms with Gasteiger partial charge in [0.2, 0.25) is 5.91 Å². The number of hydrogen-bond donors (Lipinski definition) is 2. The quantitative estimate of drug-likeness (QED) is 0.695. The molecule has 0 bridgehead atoms. The predicted octanol–water partition coefficient (Wildman–Crippen LogP) is 3.33. The summed E-state index contributed by atoms with van der Waals surface area (Å²) >= 11 is 0. The van der Waals surface area contributed by atoms with Gasteiger partial charge in [0.1, 0.15) is 0 Å². The Labute approximate surface area is 163 Å². The van der Waals surface area contributed by atoms with E-state index in [0.717, 1.165) is 12.8 Å². The number of carbonyl (C=O) groups excluding carboxylic acids is 2. The molecule has 1 aliphatic rings. The Hall–Kier alpha value is -3.41. The van der Waals surface area contributed by atoms with Gasteiger partial charge in [-0.05, 0) is 42.2 Å². The first-order chi connectivity index (χ1) is 13.7. The van der Waals surface area contributed by atoms with E-state index in [2.05, 4.69) is 27.8 Å². The maximum absolute atomic E-state index is 12.7. The molecule has 1 aromatic heterocycles. The summed E-state index contributed by atoms with van der Waals surface area (Å²) in [7, 11) is 0. The fraction of sp³-hybridized carbons (Fsp3) is 0.227. The van der Waals surface area contributed by atoms with Crippen LogP contribution in [0, 0.1) is 0 Å². The molecule has 6 heteroatoms. The van der Waals surface area contributed by atoms with Gasteiger partial charge < -0.3 is 15.2 Å². The Kier molecular flexibility index (Phi) is 5.19. The lowest BCUT2D eigenvalue weighted by molar-refractivity contribution is -0.116. The highest BCUT2D eigenvalue weighted by atomic mass is 16.2. The first-order valence-corrected chi connectivity index (χ1v) is 9.43. The van der Waals surface area contributed by atoms with Crippen LogP contribution in [0.4, 0.5) is 5.69 Å². The number of anilines is 1. The molecule has 0 fully saturated rings. The Bertz CT molecular complexity index is 982. The number of hydrogen-bond acceptors (Lipinski definition) is 3. The molecule has 0 unspecified atom stereocenters. The molecule has 0 spiro atoms. The highest BCUT2D eigenvalue weighted by molar-refractivity contribution is 5.97. The van der Waals surface area contributed by atoms with E-state index in [-0.39, 0.29) is 17.9 Å². The minimum atomic E-state index is -0.129. The van der Waals surface area contributed by atoms with E-state index in [0.29, 0.717) is 24.2 Å². The first-order valence-electron chi connectivity index (χ1n) is 9.43. The van der Waals surface area contributed by atoms with Crippen molar-refractivity contribution in [2.45, 2.75) is 31.8 Å². The summed E-state index contributed by atoms with van der Waals surface area (Å²) < 4.78 is 1.85. The Morgan fingerprint density at radius 3 is 2.89 bits per heavy atom. The zero-order chi connectivity index (χ0) is 19.3. The highest BCUT2D eigenvalue weighted by Crippen LogP contribution is 2.31. The summed E-state index contributed by atoms with van der Waals surface area (Å²) in [5, 5.41) is 5.97. The van der Waals surface area contributed by atoms with Gasteiger partial charge in [0.15, 0.2) is 0 Å². The number of carbonyl (C=O) groups is 2. The number of fused-ring (bicyclic) bond motifs is 1. The van der Waals surface area contributed by atoms with Crippen molar-refractivity contribution < 1.29 is 9.59 Å². The average molecular weight is 374 g/mol. The van der Waals surface area contributed by atoms with Crippen molar-refractivity contribution in [2.75, 3.05) is 5.32 Å². The average Bonchev–Trinajstić information content (AvgIpc) is 3.37. The minimum absolute atomic E-state index is 0.0390. The van der Waals surface area contributed by atoms with Crippen LogP contribution in [0.1, 0.15) is 40.4 Å². The normalized spacial score (nSPS) is 15.1. The van der Waals surface area contributed by atoms with Crippen LogP contribution in [0.15, 0.2) is 67.3 Å². The molecule has 1 heterocycles. The van der Waals surface area contributed by atoms with E-state index < -0.39 is 0 Å². The van der Waals surface area contributed by atoms with Crippen molar-refractivity contribution in [1.29, 1.82) is 0 Å². The first kappa shape index (κ1) is 18.0. The SMILES string of the molecule is O=C(CCn1ccnc1)Nc1cccc(C(=O)N[C@@H]2CCc3ccccc32)c1. The van der Waals surface area contributed by atoms with Gasteiger partial charge in [-0.1, -0.05) is 30.3 Å². The number of nitrogens with one attached hydrogen (secondary N) is 2. The van der Waals surface area contributed by atoms with E-state index in [1.54, 1.807) is 36.8 Å². The lowest BCUT2D eigenvalue weighted by Gasteiger charge is -2.15. The number of benzene rings is 2. The highest BCUT2D eigenvalue weighted by Gasteiger charge is 2.23. The number of nitrogens with zero attached hydrogens (tertiary/aromatic N) is 2. The molecule has 28 heavy (non-hydrogen) atoms. The minimum Gasteiger partial charge on any atom is -0.345 e. The molecular formula is C22H22N4O2. The summed E-state index contributed by atoms with van der Waals surface area (Å²) in [4.78, 5) is 28.8. The van der Waals surface area contributed by atoms with Gasteiger partial charge in [0.25, 0.3) is 5.91 Å². The van der Waals surface area contributed by atoms with Gasteiger partial charge in [-0.15, -0.1) is 0 Å². The number of aromatic nitrogens is 2. The number of imidazole rings is 1. The van der Waals surface area contributed by atoms with Gasteiger partial charge in [-0.25, -0.2) is 4.98 Å². The van der Waals surface area contributed by atoms with Crippen LogP contribution < -0.4 is 10.6 Å². The van der Waals surface area contributed by atoms with E-state index in [1.807, 2.05) is 22.9 Å². The summed E-state index contributed by atoms with van der Waals surface area (Å²) in [6, 6.07) is 15.3. The van der Waals surface area contributed by atoms with E-state index in [9.17, 15) is 9.59 Å². The molecular weight excluding hydrogens is 352 g/mol. The summed E-state index contributed by atoms with van der Waals surface area (Å²) in [6.07, 6.45) is 7.41. The molecule has 0 radical (unpaired) electrons. The summed E-state index contributed by atoms with van der Waals surface area (Å²) in [5.41, 5.74) is 3.65. The van der Waals surface area contributed by atoms with Gasteiger partial charge in [-0.2, -0.15) is 0 Å². The topological polar surface area (TPSA) is 76.0 Å². The summed E-state index contributed by atoms with van der Waals surface area (Å²) in [5.74, 6) is -0.229. The van der Waals surface area contributed by atoms with Crippen LogP contribution in [0.3, 0.4) is 0 Å². The predicted molar refractivity (Wildman–Crippen MR) is 107 cm³/mol. The lowest BCUT2D eigenvalue weighted by atomic mass is 10.1. The third-order valence-electron chi connectivity index (χ3n) is 5.00. The molecule has 1 atom stereocenters. The second kappa shape index (κ2) is 8.08. The van der Waals surface area contributed by atoms with E-state index in [4.69, 9.17) is 0 Å². The molecule has 0 saturated carbocycles. The molecule has 0 aliphatic heterocycles. The molecule has 0 saturated heterocycles. The van der Waals surface area contributed by atoms with Crippen LogP contribution in [0.2, 0.25) is 0 Å². The number of amides is 2. The van der Waals surface area contributed by atoms with Gasteiger partial charge in [0.05, 0.1) is 12.4 Å². The molecule has 4 rings (SSSR count). The number of rotatable bonds is 6. The van der Waals surface area contributed by atoms with Crippen molar-refractivity contribution in [3.8, 4) is 0 Å². The fourth-order valence-corrected chi connectivity index (χ4v) is 3.56. The molecule has 2 amide bonds. The largest absolute Gasteiger partial charge is 0.345 e. The van der Waals surface area contributed by atoms with Crippen LogP contribution >= 0.6 is 0 Å². The van der Waals surface area contributed by atoms with Gasteiger partial charge in [-0.3, -0.25) is 9.59 Å². The molecule has 2 N–H and O–H groups in total. The molecule has 6 nitrogen and oxygen atoms in total. The third kappa shape index (κ3) is 4.11. The fourth-order valence-electron chi connectivity index (χ4n) is 3.56. The third-order valence-corrected chi connectivity index (χ3v) is 5.00. The molecule has 2 aromatic carbocycles. The Morgan fingerprint density at radius 1 is 1.14 bits per heavy atom. The zero-order valence-electron chi connectivity index (χ0n) is 15.5. The van der Waals surface area contributed by atoms with Gasteiger partial charge in [0, 0.05) is 36.6 Å². The van der Waals surface area contributed by atoms with Crippen molar-refractivity contribution in [2.24, 2.45) is 0 Å². The molecule has 142 valence electrons. The van der Waals surface area contributed by atoms with Crippen molar-refractivity contribution >= 4 is 17.5 Å². The second-order valence-corrected chi connectivity index (χ2v) is 6.94. The standard InChI is InChI=1S/C22H22N4O2/c27-21(10-12-26-13-11-23-15-26)24-18-6-3-5-17(14-18)22(28)25-20-9-8-16-4-1-2-7-19(16)20/h1-7,11,13-15,20H,8-10,12H2,(H,24,27)(H,25,28)/t20-/m1/s1. The van der Waals surface area contributed by atoms with E-state index in [1.165, 1.54) is 11.1 Å². The smallest absolute Gasteiger partial charge is 0.251 e. The monoisotopic (exact) mass is 374 g/mol. The Morgan fingerprint density at radius 2 is 2.04 bits per heavy atom. The number of aryl methyl sites for hydroxylation is 2. The van der Waals surface area contributed by atoms with Crippen molar-refractivity contribution in [3.63, 3.8) is 0 Å². The zero-order valence-corrected chi connectivity index (χ0v) is 15.5. The van der Waals surface area contributed by atoms with Crippen LogP contribution in [-0.2, 0) is 17.8 Å². The van der Waals surface area contributed by atoms with Crippen molar-refractivity contribution in [3.05, 3.63) is 83.9 Å².